The summed E-state index contributed by atoms with van der Waals surface area (Å²) in [5.41, 5.74) is 2.46. The van der Waals surface area contributed by atoms with Crippen molar-refractivity contribution in [1.29, 1.82) is 0 Å². The Morgan fingerprint density at radius 2 is 1.62 bits per heavy atom. The molecular weight excluding hydrogens is 398 g/mol. The summed E-state index contributed by atoms with van der Waals surface area (Å²) in [5.74, 6) is 0.559. The fourth-order valence-electron chi connectivity index (χ4n) is 5.78. The predicted octanol–water partition coefficient (Wildman–Crippen LogP) is 10.1. The fraction of sp³-hybridized carbons (Fsp3) is 0.667. The largest absolute Gasteiger partial charge is 0.203 e. The number of rotatable bonds is 11. The summed E-state index contributed by atoms with van der Waals surface area (Å²) in [4.78, 5) is 0. The van der Waals surface area contributed by atoms with Gasteiger partial charge in [-0.1, -0.05) is 101 Å². The number of halogens is 2. The molecule has 1 saturated carbocycles. The van der Waals surface area contributed by atoms with Crippen LogP contribution in [0.4, 0.5) is 8.78 Å². The molecule has 0 spiro atoms. The van der Waals surface area contributed by atoms with Crippen LogP contribution in [0.2, 0.25) is 0 Å². The molecule has 0 aliphatic heterocycles. The minimum absolute atomic E-state index is 0.111. The van der Waals surface area contributed by atoms with Crippen LogP contribution in [0.3, 0.4) is 0 Å². The summed E-state index contributed by atoms with van der Waals surface area (Å²) >= 11 is 0. The lowest BCUT2D eigenvalue weighted by Crippen LogP contribution is -2.14. The molecule has 0 aromatic heterocycles. The summed E-state index contributed by atoms with van der Waals surface area (Å²) in [5, 5.41) is 0. The second kappa shape index (κ2) is 13.3. The van der Waals surface area contributed by atoms with Gasteiger partial charge in [0.15, 0.2) is 11.6 Å². The van der Waals surface area contributed by atoms with E-state index in [1.54, 1.807) is 12.1 Å². The Balaban J connectivity index is 1.48. The van der Waals surface area contributed by atoms with E-state index in [0.29, 0.717) is 11.1 Å². The zero-order chi connectivity index (χ0) is 22.8. The van der Waals surface area contributed by atoms with Crippen LogP contribution < -0.4 is 0 Å². The summed E-state index contributed by atoms with van der Waals surface area (Å²) in [6, 6.07) is 3.61. The van der Waals surface area contributed by atoms with E-state index in [0.717, 1.165) is 37.5 Å². The molecule has 2 heteroatoms. The summed E-state index contributed by atoms with van der Waals surface area (Å²) in [6.45, 7) is 4.50. The lowest BCUT2D eigenvalue weighted by Gasteiger charge is -2.28. The molecule has 1 aromatic carbocycles. The van der Waals surface area contributed by atoms with Crippen molar-refractivity contribution in [3.63, 3.8) is 0 Å². The lowest BCUT2D eigenvalue weighted by atomic mass is 9.78. The molecule has 0 amide bonds. The van der Waals surface area contributed by atoms with Crippen molar-refractivity contribution < 1.29 is 8.78 Å². The maximum atomic E-state index is 14.9. The highest BCUT2D eigenvalue weighted by Gasteiger charge is 2.22. The topological polar surface area (TPSA) is 0 Å². The van der Waals surface area contributed by atoms with Crippen molar-refractivity contribution in [2.75, 3.05) is 0 Å². The molecule has 0 radical (unpaired) electrons. The SMILES string of the molecule is CCCCCC1=CCC(c2ccc(/C=C/CCC3CCC(CCC)CC3)c(F)c2F)CC1. The van der Waals surface area contributed by atoms with Gasteiger partial charge in [0.25, 0.3) is 0 Å². The van der Waals surface area contributed by atoms with Gasteiger partial charge < -0.3 is 0 Å². The number of hydrogen-bond donors (Lipinski definition) is 0. The van der Waals surface area contributed by atoms with E-state index in [1.807, 2.05) is 12.1 Å². The predicted molar refractivity (Wildman–Crippen MR) is 134 cm³/mol. The van der Waals surface area contributed by atoms with Gasteiger partial charge in [-0.25, -0.2) is 8.78 Å². The molecule has 1 aromatic rings. The monoisotopic (exact) mass is 442 g/mol. The van der Waals surface area contributed by atoms with Gasteiger partial charge >= 0.3 is 0 Å². The molecule has 3 rings (SSSR count). The second-order valence-electron chi connectivity index (χ2n) is 10.3. The Bertz CT molecular complexity index is 752. The van der Waals surface area contributed by atoms with Gasteiger partial charge in [0.05, 0.1) is 0 Å². The van der Waals surface area contributed by atoms with E-state index >= 15 is 0 Å². The van der Waals surface area contributed by atoms with Gasteiger partial charge in [-0.2, -0.15) is 0 Å². The molecule has 0 saturated heterocycles. The van der Waals surface area contributed by atoms with Crippen molar-refractivity contribution >= 4 is 6.08 Å². The first-order valence-electron chi connectivity index (χ1n) is 13.4. The molecule has 1 fully saturated rings. The maximum absolute atomic E-state index is 14.9. The quantitative estimate of drug-likeness (QED) is 0.236. The first-order valence-corrected chi connectivity index (χ1v) is 13.4. The molecule has 1 atom stereocenters. The molecule has 0 heterocycles. The van der Waals surface area contributed by atoms with Crippen LogP contribution in [-0.4, -0.2) is 0 Å². The van der Waals surface area contributed by atoms with Gasteiger partial charge in [0.1, 0.15) is 0 Å². The summed E-state index contributed by atoms with van der Waals surface area (Å²) in [6.07, 6.45) is 24.1. The van der Waals surface area contributed by atoms with Gasteiger partial charge in [-0.05, 0) is 68.3 Å². The molecule has 1 unspecified atom stereocenters. The van der Waals surface area contributed by atoms with Crippen molar-refractivity contribution in [2.45, 2.75) is 116 Å². The average Bonchev–Trinajstić information content (AvgIpc) is 2.81. The molecule has 0 nitrogen and oxygen atoms in total. The van der Waals surface area contributed by atoms with Crippen LogP contribution in [0.15, 0.2) is 29.9 Å². The molecule has 178 valence electrons. The van der Waals surface area contributed by atoms with Crippen molar-refractivity contribution in [2.24, 2.45) is 11.8 Å². The first kappa shape index (κ1) is 25.2. The van der Waals surface area contributed by atoms with Crippen LogP contribution in [0.1, 0.15) is 127 Å². The van der Waals surface area contributed by atoms with Gasteiger partial charge in [-0.3, -0.25) is 0 Å². The summed E-state index contributed by atoms with van der Waals surface area (Å²) < 4.78 is 29.6. The van der Waals surface area contributed by atoms with Crippen LogP contribution in [0.25, 0.3) is 6.08 Å². The molecular formula is C30H44F2. The lowest BCUT2D eigenvalue weighted by molar-refractivity contribution is 0.253. The highest BCUT2D eigenvalue weighted by atomic mass is 19.2. The number of benzene rings is 1. The minimum atomic E-state index is -0.670. The average molecular weight is 443 g/mol. The summed E-state index contributed by atoms with van der Waals surface area (Å²) in [7, 11) is 0. The minimum Gasteiger partial charge on any atom is -0.203 e. The van der Waals surface area contributed by atoms with E-state index in [9.17, 15) is 8.78 Å². The van der Waals surface area contributed by atoms with Crippen LogP contribution >= 0.6 is 0 Å². The fourth-order valence-corrected chi connectivity index (χ4v) is 5.78. The molecule has 32 heavy (non-hydrogen) atoms. The van der Waals surface area contributed by atoms with Crippen LogP contribution in [0, 0.1) is 23.5 Å². The first-order chi connectivity index (χ1) is 15.6. The van der Waals surface area contributed by atoms with Crippen LogP contribution in [0.5, 0.6) is 0 Å². The van der Waals surface area contributed by atoms with E-state index in [2.05, 4.69) is 19.9 Å². The Kier molecular flexibility index (Phi) is 10.5. The van der Waals surface area contributed by atoms with Crippen molar-refractivity contribution in [1.82, 2.24) is 0 Å². The molecule has 0 N–H and O–H groups in total. The van der Waals surface area contributed by atoms with Gasteiger partial charge in [0.2, 0.25) is 0 Å². The normalized spacial score (nSPS) is 24.1. The van der Waals surface area contributed by atoms with Crippen molar-refractivity contribution in [3.05, 3.63) is 52.6 Å². The highest BCUT2D eigenvalue weighted by molar-refractivity contribution is 5.51. The Hall–Kier alpha value is -1.44. The zero-order valence-corrected chi connectivity index (χ0v) is 20.5. The molecule has 2 aliphatic carbocycles. The standard InChI is InChI=1S/C30H44F2/c1-3-5-6-10-25-17-19-26(20-18-25)28-22-21-27(29(31)30(28)32)12-8-7-11-24-15-13-23(9-4-2)14-16-24/h8,12,17,21-24,26H,3-7,9-11,13-16,18-20H2,1-2H3/b12-8+. The van der Waals surface area contributed by atoms with E-state index in [-0.39, 0.29) is 5.92 Å². The highest BCUT2D eigenvalue weighted by Crippen LogP contribution is 2.37. The van der Waals surface area contributed by atoms with E-state index in [1.165, 1.54) is 76.2 Å². The van der Waals surface area contributed by atoms with Gasteiger partial charge in [-0.15, -0.1) is 0 Å². The second-order valence-corrected chi connectivity index (χ2v) is 10.3. The maximum Gasteiger partial charge on any atom is 0.166 e. The Labute approximate surface area is 195 Å². The Morgan fingerprint density at radius 3 is 2.28 bits per heavy atom. The third-order valence-electron chi connectivity index (χ3n) is 7.89. The third kappa shape index (κ3) is 7.29. The van der Waals surface area contributed by atoms with Crippen LogP contribution in [-0.2, 0) is 0 Å². The third-order valence-corrected chi connectivity index (χ3v) is 7.89. The molecule has 0 bridgehead atoms. The molecule has 2 aliphatic rings. The number of hydrogen-bond acceptors (Lipinski definition) is 0. The Morgan fingerprint density at radius 1 is 0.875 bits per heavy atom. The van der Waals surface area contributed by atoms with Crippen molar-refractivity contribution in [3.8, 4) is 0 Å². The smallest absolute Gasteiger partial charge is 0.166 e. The number of allylic oxidation sites excluding steroid dienone is 3. The van der Waals surface area contributed by atoms with E-state index in [4.69, 9.17) is 0 Å². The van der Waals surface area contributed by atoms with E-state index < -0.39 is 11.6 Å². The zero-order valence-electron chi connectivity index (χ0n) is 20.5. The number of unbranched alkanes of at least 4 members (excludes halogenated alkanes) is 2. The van der Waals surface area contributed by atoms with Gasteiger partial charge in [0, 0.05) is 5.56 Å².